The molecule has 2 rings (SSSR count). The quantitative estimate of drug-likeness (QED) is 0.905. The van der Waals surface area contributed by atoms with E-state index in [-0.39, 0.29) is 11.7 Å². The number of halogens is 1. The molecule has 20 heavy (non-hydrogen) atoms. The van der Waals surface area contributed by atoms with E-state index in [1.54, 1.807) is 30.1 Å². The minimum Gasteiger partial charge on any atom is -0.382 e. The highest BCUT2D eigenvalue weighted by Crippen LogP contribution is 2.14. The highest BCUT2D eigenvalue weighted by Gasteiger charge is 2.10. The largest absolute Gasteiger partial charge is 0.382 e. The maximum atomic E-state index is 13.4. The van der Waals surface area contributed by atoms with Crippen LogP contribution >= 0.6 is 0 Å². The molecule has 0 saturated heterocycles. The molecule has 0 aliphatic rings. The van der Waals surface area contributed by atoms with E-state index in [0.29, 0.717) is 18.7 Å². The predicted octanol–water partition coefficient (Wildman–Crippen LogP) is 3.29. The lowest BCUT2D eigenvalue weighted by atomic mass is 10.2. The molecule has 0 fully saturated rings. The van der Waals surface area contributed by atoms with Gasteiger partial charge in [-0.25, -0.2) is 4.39 Å². The SMILES string of the molecule is CN(C(=O)CCNc1ccccc1F)c1ccccc1. The summed E-state index contributed by atoms with van der Waals surface area (Å²) in [6.45, 7) is 0.400. The van der Waals surface area contributed by atoms with Crippen LogP contribution < -0.4 is 10.2 Å². The van der Waals surface area contributed by atoms with Crippen molar-refractivity contribution in [1.82, 2.24) is 0 Å². The molecule has 0 radical (unpaired) electrons. The summed E-state index contributed by atoms with van der Waals surface area (Å²) in [5.74, 6) is -0.323. The minimum absolute atomic E-state index is 0.0139. The van der Waals surface area contributed by atoms with Crippen molar-refractivity contribution in [1.29, 1.82) is 0 Å². The van der Waals surface area contributed by atoms with Crippen molar-refractivity contribution in [2.24, 2.45) is 0 Å². The maximum Gasteiger partial charge on any atom is 0.228 e. The molecule has 3 nitrogen and oxygen atoms in total. The van der Waals surface area contributed by atoms with Gasteiger partial charge in [-0.1, -0.05) is 30.3 Å². The predicted molar refractivity (Wildman–Crippen MR) is 79.4 cm³/mol. The second-order valence-electron chi connectivity index (χ2n) is 4.44. The molecule has 2 aromatic rings. The zero-order valence-corrected chi connectivity index (χ0v) is 11.3. The van der Waals surface area contributed by atoms with Gasteiger partial charge in [-0.3, -0.25) is 4.79 Å². The Kier molecular flexibility index (Phi) is 4.71. The number of para-hydroxylation sites is 2. The molecule has 0 spiro atoms. The van der Waals surface area contributed by atoms with Crippen LogP contribution in [0.2, 0.25) is 0 Å². The van der Waals surface area contributed by atoms with Gasteiger partial charge in [0.05, 0.1) is 5.69 Å². The van der Waals surface area contributed by atoms with Crippen LogP contribution in [-0.2, 0) is 4.79 Å². The van der Waals surface area contributed by atoms with Gasteiger partial charge in [0.15, 0.2) is 0 Å². The number of hydrogen-bond donors (Lipinski definition) is 1. The van der Waals surface area contributed by atoms with Gasteiger partial charge in [0.2, 0.25) is 5.91 Å². The van der Waals surface area contributed by atoms with Crippen LogP contribution in [0.15, 0.2) is 54.6 Å². The second-order valence-corrected chi connectivity index (χ2v) is 4.44. The van der Waals surface area contributed by atoms with Gasteiger partial charge in [-0.05, 0) is 24.3 Å². The smallest absolute Gasteiger partial charge is 0.228 e. The Morgan fingerprint density at radius 2 is 1.75 bits per heavy atom. The Morgan fingerprint density at radius 3 is 2.45 bits per heavy atom. The average Bonchev–Trinajstić information content (AvgIpc) is 2.49. The van der Waals surface area contributed by atoms with Crippen LogP contribution in [0.5, 0.6) is 0 Å². The third-order valence-corrected chi connectivity index (χ3v) is 3.05. The van der Waals surface area contributed by atoms with Gasteiger partial charge < -0.3 is 10.2 Å². The Morgan fingerprint density at radius 1 is 1.10 bits per heavy atom. The third-order valence-electron chi connectivity index (χ3n) is 3.05. The molecule has 0 bridgehead atoms. The summed E-state index contributed by atoms with van der Waals surface area (Å²) in [4.78, 5) is 13.6. The summed E-state index contributed by atoms with van der Waals surface area (Å²) in [5.41, 5.74) is 1.27. The van der Waals surface area contributed by atoms with Gasteiger partial charge in [0, 0.05) is 25.7 Å². The van der Waals surface area contributed by atoms with Crippen LogP contribution in [0.3, 0.4) is 0 Å². The summed E-state index contributed by atoms with van der Waals surface area (Å²) in [5, 5.41) is 2.93. The van der Waals surface area contributed by atoms with Crippen molar-refractivity contribution in [3.8, 4) is 0 Å². The number of nitrogens with one attached hydrogen (secondary N) is 1. The summed E-state index contributed by atoms with van der Waals surface area (Å²) < 4.78 is 13.4. The fraction of sp³-hybridized carbons (Fsp3) is 0.188. The van der Waals surface area contributed by atoms with E-state index < -0.39 is 0 Å². The van der Waals surface area contributed by atoms with Crippen LogP contribution in [0, 0.1) is 5.82 Å². The standard InChI is InChI=1S/C16H17FN2O/c1-19(13-7-3-2-4-8-13)16(20)11-12-18-15-10-6-5-9-14(15)17/h2-10,18H,11-12H2,1H3. The molecule has 2 aromatic carbocycles. The Hall–Kier alpha value is -2.36. The first-order valence-electron chi connectivity index (χ1n) is 6.48. The third kappa shape index (κ3) is 3.57. The number of rotatable bonds is 5. The zero-order chi connectivity index (χ0) is 14.4. The maximum absolute atomic E-state index is 13.4. The van der Waals surface area contributed by atoms with Crippen molar-refractivity contribution in [3.63, 3.8) is 0 Å². The fourth-order valence-corrected chi connectivity index (χ4v) is 1.87. The Balaban J connectivity index is 1.85. The Bertz CT molecular complexity index is 572. The highest BCUT2D eigenvalue weighted by molar-refractivity contribution is 5.93. The fourth-order valence-electron chi connectivity index (χ4n) is 1.87. The monoisotopic (exact) mass is 272 g/mol. The van der Waals surface area contributed by atoms with Gasteiger partial charge in [0.25, 0.3) is 0 Å². The summed E-state index contributed by atoms with van der Waals surface area (Å²) in [6, 6.07) is 15.9. The van der Waals surface area contributed by atoms with E-state index in [0.717, 1.165) is 5.69 Å². The van der Waals surface area contributed by atoms with Crippen molar-refractivity contribution in [2.75, 3.05) is 23.8 Å². The molecule has 104 valence electrons. The number of amides is 1. The molecule has 4 heteroatoms. The summed E-state index contributed by atoms with van der Waals surface area (Å²) in [6.07, 6.45) is 0.305. The molecule has 1 amide bonds. The first kappa shape index (κ1) is 14.1. The lowest BCUT2D eigenvalue weighted by molar-refractivity contribution is -0.118. The minimum atomic E-state index is -0.309. The van der Waals surface area contributed by atoms with Gasteiger partial charge in [-0.2, -0.15) is 0 Å². The molecule has 0 saturated carbocycles. The van der Waals surface area contributed by atoms with E-state index in [2.05, 4.69) is 5.32 Å². The number of anilines is 2. The number of carbonyl (C=O) groups excluding carboxylic acids is 1. The summed E-state index contributed by atoms with van der Waals surface area (Å²) in [7, 11) is 1.74. The normalized spacial score (nSPS) is 10.1. The molecular weight excluding hydrogens is 255 g/mol. The molecule has 0 atom stereocenters. The van der Waals surface area contributed by atoms with Gasteiger partial charge in [-0.15, -0.1) is 0 Å². The van der Waals surface area contributed by atoms with Gasteiger partial charge >= 0.3 is 0 Å². The van der Waals surface area contributed by atoms with E-state index in [1.807, 2.05) is 30.3 Å². The number of benzene rings is 2. The molecule has 0 aromatic heterocycles. The lowest BCUT2D eigenvalue weighted by Gasteiger charge is -2.17. The topological polar surface area (TPSA) is 32.3 Å². The highest BCUT2D eigenvalue weighted by atomic mass is 19.1. The number of carbonyl (C=O) groups is 1. The van der Waals surface area contributed by atoms with Crippen molar-refractivity contribution >= 4 is 17.3 Å². The van der Waals surface area contributed by atoms with Crippen LogP contribution in [0.4, 0.5) is 15.8 Å². The van der Waals surface area contributed by atoms with Crippen molar-refractivity contribution < 1.29 is 9.18 Å². The molecule has 0 aliphatic heterocycles. The van der Waals surface area contributed by atoms with Crippen LogP contribution in [0.25, 0.3) is 0 Å². The summed E-state index contributed by atoms with van der Waals surface area (Å²) >= 11 is 0. The van der Waals surface area contributed by atoms with E-state index in [9.17, 15) is 9.18 Å². The molecule has 0 aliphatic carbocycles. The molecule has 0 heterocycles. The van der Waals surface area contributed by atoms with Crippen LogP contribution in [0.1, 0.15) is 6.42 Å². The lowest BCUT2D eigenvalue weighted by Crippen LogP contribution is -2.27. The van der Waals surface area contributed by atoms with Gasteiger partial charge in [0.1, 0.15) is 5.82 Å². The Labute approximate surface area is 118 Å². The number of hydrogen-bond acceptors (Lipinski definition) is 2. The van der Waals surface area contributed by atoms with E-state index >= 15 is 0 Å². The second kappa shape index (κ2) is 6.70. The first-order chi connectivity index (χ1) is 9.68. The zero-order valence-electron chi connectivity index (χ0n) is 11.3. The van der Waals surface area contributed by atoms with Crippen molar-refractivity contribution in [3.05, 3.63) is 60.4 Å². The average molecular weight is 272 g/mol. The number of nitrogens with zero attached hydrogens (tertiary/aromatic N) is 1. The van der Waals surface area contributed by atoms with Crippen molar-refractivity contribution in [2.45, 2.75) is 6.42 Å². The molecule has 0 unspecified atom stereocenters. The van der Waals surface area contributed by atoms with E-state index in [4.69, 9.17) is 0 Å². The molecule has 1 N–H and O–H groups in total. The first-order valence-corrected chi connectivity index (χ1v) is 6.48. The van der Waals surface area contributed by atoms with Crippen LogP contribution in [-0.4, -0.2) is 19.5 Å². The van der Waals surface area contributed by atoms with E-state index in [1.165, 1.54) is 6.07 Å². The molecular formula is C16H17FN2O.